The minimum atomic E-state index is -0.231. The Bertz CT molecular complexity index is 1180. The number of hydrogen-bond donors (Lipinski definition) is 1. The van der Waals surface area contributed by atoms with E-state index in [1.807, 2.05) is 17.0 Å². The van der Waals surface area contributed by atoms with Gasteiger partial charge in [-0.1, -0.05) is 24.3 Å². The molecule has 1 N–H and O–H groups in total. The van der Waals surface area contributed by atoms with Gasteiger partial charge in [-0.15, -0.1) is 11.6 Å². The predicted molar refractivity (Wildman–Crippen MR) is 135 cm³/mol. The molecule has 6 rings (SSSR count). The van der Waals surface area contributed by atoms with Crippen LogP contribution in [-0.2, 0) is 15.9 Å². The highest BCUT2D eigenvalue weighted by Gasteiger charge is 2.36. The minimum Gasteiger partial charge on any atom is -0.490 e. The number of halogens is 1. The summed E-state index contributed by atoms with van der Waals surface area (Å²) in [5.41, 5.74) is 3.38. The van der Waals surface area contributed by atoms with Gasteiger partial charge in [0, 0.05) is 35.6 Å². The highest BCUT2D eigenvalue weighted by atomic mass is 35.5. The van der Waals surface area contributed by atoms with Gasteiger partial charge in [-0.3, -0.25) is 4.90 Å². The minimum absolute atomic E-state index is 0.00725. The third-order valence-corrected chi connectivity index (χ3v) is 8.07. The van der Waals surface area contributed by atoms with E-state index >= 15 is 0 Å². The second-order valence-electron chi connectivity index (χ2n) is 10.1. The number of H-pyrrole nitrogens is 1. The van der Waals surface area contributed by atoms with Crippen LogP contribution >= 0.6 is 11.6 Å². The molecule has 1 aromatic heterocycles. The maximum Gasteiger partial charge on any atom is 0.410 e. The fourth-order valence-electron chi connectivity index (χ4n) is 5.92. The molecule has 3 heterocycles. The maximum atomic E-state index is 13.4. The lowest BCUT2D eigenvalue weighted by Crippen LogP contribution is -2.43. The van der Waals surface area contributed by atoms with Gasteiger partial charge in [-0.05, 0) is 61.8 Å². The van der Waals surface area contributed by atoms with Crippen molar-refractivity contribution in [1.29, 1.82) is 0 Å². The van der Waals surface area contributed by atoms with E-state index in [0.717, 1.165) is 86.9 Å². The van der Waals surface area contributed by atoms with E-state index in [-0.39, 0.29) is 29.7 Å². The number of carbonyl (C=O) groups excluding carboxylic acids is 1. The number of ether oxygens (including phenoxy) is 3. The molecule has 0 radical (unpaired) electrons. The molecule has 1 aromatic carbocycles. The Morgan fingerprint density at radius 3 is 2.60 bits per heavy atom. The van der Waals surface area contributed by atoms with Crippen LogP contribution in [0.5, 0.6) is 5.75 Å². The Morgan fingerprint density at radius 1 is 1.06 bits per heavy atom. The van der Waals surface area contributed by atoms with E-state index in [2.05, 4.69) is 29.3 Å². The largest absolute Gasteiger partial charge is 0.490 e. The Balaban J connectivity index is 1.32. The zero-order valence-electron chi connectivity index (χ0n) is 20.0. The van der Waals surface area contributed by atoms with Crippen LogP contribution in [0.25, 0.3) is 12.2 Å². The zero-order chi connectivity index (χ0) is 23.8. The van der Waals surface area contributed by atoms with Gasteiger partial charge in [-0.2, -0.15) is 0 Å². The molecule has 7 heteroatoms. The molecular formula is C28H33ClN2O4. The first-order valence-corrected chi connectivity index (χ1v) is 13.5. The van der Waals surface area contributed by atoms with Gasteiger partial charge in [0.15, 0.2) is 0 Å². The Kier molecular flexibility index (Phi) is 6.50. The molecule has 2 aromatic rings. The monoisotopic (exact) mass is 496 g/mol. The Hall–Kier alpha value is -2.44. The van der Waals surface area contributed by atoms with Gasteiger partial charge < -0.3 is 19.2 Å². The second kappa shape index (κ2) is 9.90. The lowest BCUT2D eigenvalue weighted by molar-refractivity contribution is 0.0255. The normalized spacial score (nSPS) is 24.8. The van der Waals surface area contributed by atoms with Gasteiger partial charge >= 0.3 is 6.09 Å². The summed E-state index contributed by atoms with van der Waals surface area (Å²) in [6, 6.07) is 7.99. The van der Waals surface area contributed by atoms with Crippen LogP contribution in [0.3, 0.4) is 0 Å². The van der Waals surface area contributed by atoms with Crippen molar-refractivity contribution in [2.24, 2.45) is 0 Å². The number of amides is 1. The van der Waals surface area contributed by atoms with Crippen molar-refractivity contribution in [3.63, 3.8) is 0 Å². The lowest BCUT2D eigenvalue weighted by atomic mass is 9.92. The molecule has 2 aliphatic carbocycles. The molecule has 186 valence electrons. The smallest absolute Gasteiger partial charge is 0.410 e. The van der Waals surface area contributed by atoms with Crippen LogP contribution in [0.15, 0.2) is 24.3 Å². The first-order valence-electron chi connectivity index (χ1n) is 13.0. The molecule has 35 heavy (non-hydrogen) atoms. The van der Waals surface area contributed by atoms with E-state index in [4.69, 9.17) is 25.8 Å². The van der Waals surface area contributed by atoms with Gasteiger partial charge in [0.05, 0.1) is 18.6 Å². The van der Waals surface area contributed by atoms with E-state index in [1.165, 1.54) is 10.8 Å². The molecule has 2 fully saturated rings. The molecule has 4 aliphatic rings. The van der Waals surface area contributed by atoms with Gasteiger partial charge in [0.1, 0.15) is 24.0 Å². The summed E-state index contributed by atoms with van der Waals surface area (Å²) in [5.74, 6) is 0.856. The number of nitrogens with one attached hydrogen (secondary N) is 1. The number of benzene rings is 1. The molecule has 1 unspecified atom stereocenters. The number of hydrogen-bond acceptors (Lipinski definition) is 4. The summed E-state index contributed by atoms with van der Waals surface area (Å²) in [6.45, 7) is 2.12. The molecule has 0 bridgehead atoms. The van der Waals surface area contributed by atoms with Crippen LogP contribution in [0, 0.1) is 0 Å². The highest BCUT2D eigenvalue weighted by molar-refractivity contribution is 6.24. The molecule has 6 nitrogen and oxygen atoms in total. The fourth-order valence-corrected chi connectivity index (χ4v) is 6.14. The van der Waals surface area contributed by atoms with Crippen LogP contribution in [-0.4, -0.2) is 53.3 Å². The number of carbonyl (C=O) groups is 1. The van der Waals surface area contributed by atoms with E-state index in [0.29, 0.717) is 6.54 Å². The summed E-state index contributed by atoms with van der Waals surface area (Å²) in [4.78, 5) is 18.9. The first-order chi connectivity index (χ1) is 17.2. The highest BCUT2D eigenvalue weighted by Crippen LogP contribution is 2.35. The van der Waals surface area contributed by atoms with Crippen LogP contribution < -0.4 is 15.3 Å². The van der Waals surface area contributed by atoms with Crippen molar-refractivity contribution in [3.05, 3.63) is 51.7 Å². The van der Waals surface area contributed by atoms with E-state index in [9.17, 15) is 4.79 Å². The summed E-state index contributed by atoms with van der Waals surface area (Å²) < 4.78 is 17.6. The van der Waals surface area contributed by atoms with Crippen LogP contribution in [0.4, 0.5) is 4.79 Å². The average Bonchev–Trinajstić information content (AvgIpc) is 3.52. The van der Waals surface area contributed by atoms with Crippen molar-refractivity contribution >= 4 is 29.8 Å². The van der Waals surface area contributed by atoms with E-state index < -0.39 is 0 Å². The van der Waals surface area contributed by atoms with Crippen LogP contribution in [0.1, 0.15) is 67.8 Å². The second-order valence-corrected chi connectivity index (χ2v) is 10.7. The number of aromatic nitrogens is 1. The van der Waals surface area contributed by atoms with E-state index in [1.54, 1.807) is 0 Å². The van der Waals surface area contributed by atoms with Crippen molar-refractivity contribution in [1.82, 2.24) is 9.88 Å². The number of rotatable bonds is 4. The van der Waals surface area contributed by atoms with Gasteiger partial charge in [-0.25, -0.2) is 4.79 Å². The zero-order valence-corrected chi connectivity index (χ0v) is 20.8. The molecule has 2 atom stereocenters. The topological polar surface area (TPSA) is 63.8 Å². The quantitative estimate of drug-likeness (QED) is 0.645. The number of aromatic amines is 1. The summed E-state index contributed by atoms with van der Waals surface area (Å²) in [5, 5.41) is 2.31. The molecule has 2 aliphatic heterocycles. The standard InChI is InChI=1S/C28H33ClN2O4/c29-19-7-10-25-24(17-19)23-11-14-31(28(32)35-20-3-1-2-4-20)27(26(23)30-25)18-5-8-21(9-6-18)34-22-12-15-33-16-13-22/h5-6,8-10,17,19-20,22,27,30H,1-4,7,11-16H2/t19?,27-/m0/s1. The molecule has 1 saturated heterocycles. The number of nitrogens with zero attached hydrogens (tertiary/aromatic N) is 1. The molecule has 1 saturated carbocycles. The van der Waals surface area contributed by atoms with Crippen molar-refractivity contribution in [3.8, 4) is 5.75 Å². The number of fused-ring (bicyclic) bond motifs is 3. The van der Waals surface area contributed by atoms with Crippen molar-refractivity contribution in [2.45, 2.75) is 75.0 Å². The maximum absolute atomic E-state index is 13.4. The molecule has 1 amide bonds. The van der Waals surface area contributed by atoms with Crippen molar-refractivity contribution in [2.75, 3.05) is 19.8 Å². The SMILES string of the molecule is O=C(OC1CCCC1)N1CCc2c([nH]c3c2=CC(Cl)CC=3)[C@@H]1c1ccc(OC2CCOCC2)cc1. The first kappa shape index (κ1) is 23.0. The average molecular weight is 497 g/mol. The van der Waals surface area contributed by atoms with Crippen LogP contribution in [0.2, 0.25) is 0 Å². The third-order valence-electron chi connectivity index (χ3n) is 7.76. The van der Waals surface area contributed by atoms with Crippen molar-refractivity contribution < 1.29 is 19.0 Å². The summed E-state index contributed by atoms with van der Waals surface area (Å²) in [7, 11) is 0. The fraction of sp³-hybridized carbons (Fsp3) is 0.536. The van der Waals surface area contributed by atoms with Gasteiger partial charge in [0.25, 0.3) is 0 Å². The molecule has 0 spiro atoms. The third kappa shape index (κ3) is 4.70. The summed E-state index contributed by atoms with van der Waals surface area (Å²) in [6.07, 6.45) is 12.0. The Morgan fingerprint density at radius 2 is 1.83 bits per heavy atom. The predicted octanol–water partition coefficient (Wildman–Crippen LogP) is 4.17. The Labute approximate surface area is 210 Å². The molecular weight excluding hydrogens is 464 g/mol. The summed E-state index contributed by atoms with van der Waals surface area (Å²) >= 11 is 6.46. The van der Waals surface area contributed by atoms with Gasteiger partial charge in [0.2, 0.25) is 0 Å². The number of alkyl halides is 1. The lowest BCUT2D eigenvalue weighted by Gasteiger charge is -2.36.